The van der Waals surface area contributed by atoms with Crippen LogP contribution in [0.5, 0.6) is 0 Å². The highest BCUT2D eigenvalue weighted by Crippen LogP contribution is 2.10. The summed E-state index contributed by atoms with van der Waals surface area (Å²) in [5.74, 6) is -0.947. The van der Waals surface area contributed by atoms with E-state index in [9.17, 15) is 14.4 Å². The van der Waals surface area contributed by atoms with E-state index in [1.165, 1.54) is 26.0 Å². The molecule has 1 aromatic carbocycles. The predicted molar refractivity (Wildman–Crippen MR) is 84.9 cm³/mol. The number of nitriles is 1. The van der Waals surface area contributed by atoms with Crippen molar-refractivity contribution in [2.45, 2.75) is 20.0 Å². The maximum absolute atomic E-state index is 12.4. The van der Waals surface area contributed by atoms with E-state index in [4.69, 9.17) is 10.00 Å². The number of piperazine rings is 1. The van der Waals surface area contributed by atoms with Crippen molar-refractivity contribution in [1.29, 1.82) is 5.26 Å². The number of esters is 1. The number of benzene rings is 1. The minimum absolute atomic E-state index is 0.0149. The van der Waals surface area contributed by atoms with Crippen molar-refractivity contribution in [3.05, 3.63) is 35.4 Å². The highest BCUT2D eigenvalue weighted by molar-refractivity contribution is 5.92. The summed E-state index contributed by atoms with van der Waals surface area (Å²) < 4.78 is 5.21. The zero-order valence-corrected chi connectivity index (χ0v) is 13.7. The molecule has 2 amide bonds. The van der Waals surface area contributed by atoms with E-state index in [1.54, 1.807) is 21.9 Å². The molecular formula is C17H19N3O4. The van der Waals surface area contributed by atoms with E-state index in [1.807, 2.05) is 6.07 Å². The second kappa shape index (κ2) is 7.59. The number of hydrogen-bond donors (Lipinski definition) is 0. The lowest BCUT2D eigenvalue weighted by atomic mass is 10.1. The zero-order valence-electron chi connectivity index (χ0n) is 13.7. The number of nitrogens with zero attached hydrogens (tertiary/aromatic N) is 3. The second-order valence-corrected chi connectivity index (χ2v) is 5.57. The first-order valence-corrected chi connectivity index (χ1v) is 7.68. The van der Waals surface area contributed by atoms with Gasteiger partial charge in [-0.25, -0.2) is 4.79 Å². The molecule has 1 atom stereocenters. The van der Waals surface area contributed by atoms with Crippen molar-refractivity contribution < 1.29 is 19.1 Å². The monoisotopic (exact) mass is 329 g/mol. The fourth-order valence-corrected chi connectivity index (χ4v) is 2.49. The molecule has 0 aliphatic carbocycles. The molecule has 0 bridgehead atoms. The molecular weight excluding hydrogens is 310 g/mol. The average Bonchev–Trinajstić information content (AvgIpc) is 2.61. The number of hydrogen-bond acceptors (Lipinski definition) is 5. The second-order valence-electron chi connectivity index (χ2n) is 5.57. The standard InChI is InChI=1S/C17H19N3O4/c1-12(16(22)20-8-6-19(7-9-20)13(2)21)24-17(23)15-5-3-4-14(10-15)11-18/h3-5,10,12H,6-9H2,1-2H3/t12-/m0/s1. The summed E-state index contributed by atoms with van der Waals surface area (Å²) >= 11 is 0. The van der Waals surface area contributed by atoms with E-state index in [-0.39, 0.29) is 17.4 Å². The van der Waals surface area contributed by atoms with Crippen molar-refractivity contribution in [2.24, 2.45) is 0 Å². The first-order chi connectivity index (χ1) is 11.4. The Bertz CT molecular complexity index is 687. The Balaban J connectivity index is 1.93. The van der Waals surface area contributed by atoms with Crippen molar-refractivity contribution in [2.75, 3.05) is 26.2 Å². The van der Waals surface area contributed by atoms with E-state index in [2.05, 4.69) is 0 Å². The molecule has 0 aromatic heterocycles. The maximum Gasteiger partial charge on any atom is 0.338 e. The maximum atomic E-state index is 12.4. The SMILES string of the molecule is CC(=O)N1CCN(C(=O)[C@H](C)OC(=O)c2cccc(C#N)c2)CC1. The van der Waals surface area contributed by atoms with Crippen LogP contribution in [0.2, 0.25) is 0 Å². The fourth-order valence-electron chi connectivity index (χ4n) is 2.49. The molecule has 0 unspecified atom stereocenters. The summed E-state index contributed by atoms with van der Waals surface area (Å²) in [7, 11) is 0. The Morgan fingerprint density at radius 1 is 1.17 bits per heavy atom. The van der Waals surface area contributed by atoms with Crippen LogP contribution in [0.25, 0.3) is 0 Å². The van der Waals surface area contributed by atoms with Crippen LogP contribution in [-0.2, 0) is 14.3 Å². The largest absolute Gasteiger partial charge is 0.449 e. The molecule has 1 saturated heterocycles. The molecule has 126 valence electrons. The van der Waals surface area contributed by atoms with Crippen LogP contribution in [0.15, 0.2) is 24.3 Å². The van der Waals surface area contributed by atoms with E-state index in [0.717, 1.165) is 0 Å². The predicted octanol–water partition coefficient (Wildman–Crippen LogP) is 0.794. The Morgan fingerprint density at radius 3 is 2.38 bits per heavy atom. The van der Waals surface area contributed by atoms with Crippen molar-refractivity contribution in [3.63, 3.8) is 0 Å². The molecule has 0 spiro atoms. The number of ether oxygens (including phenoxy) is 1. The third-order valence-corrected chi connectivity index (χ3v) is 3.90. The summed E-state index contributed by atoms with van der Waals surface area (Å²) in [6, 6.07) is 8.07. The topological polar surface area (TPSA) is 90.7 Å². The quantitative estimate of drug-likeness (QED) is 0.765. The minimum Gasteiger partial charge on any atom is -0.449 e. The average molecular weight is 329 g/mol. The van der Waals surface area contributed by atoms with Gasteiger partial charge in [0.15, 0.2) is 6.10 Å². The summed E-state index contributed by atoms with van der Waals surface area (Å²) in [6.07, 6.45) is -0.924. The number of amides is 2. The third-order valence-electron chi connectivity index (χ3n) is 3.90. The molecule has 1 aliphatic rings. The molecule has 7 nitrogen and oxygen atoms in total. The van der Waals surface area contributed by atoms with Gasteiger partial charge in [-0.2, -0.15) is 5.26 Å². The van der Waals surface area contributed by atoms with Crippen LogP contribution in [0, 0.1) is 11.3 Å². The van der Waals surface area contributed by atoms with Gasteiger partial charge >= 0.3 is 5.97 Å². The lowest BCUT2D eigenvalue weighted by Crippen LogP contribution is -2.52. The first-order valence-electron chi connectivity index (χ1n) is 7.68. The van der Waals surface area contributed by atoms with Gasteiger partial charge in [0.05, 0.1) is 17.2 Å². The summed E-state index contributed by atoms with van der Waals surface area (Å²) in [5, 5.41) is 8.85. The highest BCUT2D eigenvalue weighted by atomic mass is 16.5. The molecule has 1 aliphatic heterocycles. The van der Waals surface area contributed by atoms with Crippen LogP contribution in [0.4, 0.5) is 0 Å². The molecule has 1 heterocycles. The summed E-state index contributed by atoms with van der Waals surface area (Å²) in [4.78, 5) is 39.0. The molecule has 24 heavy (non-hydrogen) atoms. The Labute approximate surface area is 140 Å². The highest BCUT2D eigenvalue weighted by Gasteiger charge is 2.28. The molecule has 1 aromatic rings. The molecule has 0 radical (unpaired) electrons. The van der Waals surface area contributed by atoms with E-state index < -0.39 is 12.1 Å². The minimum atomic E-state index is -0.924. The van der Waals surface area contributed by atoms with Gasteiger partial charge in [0, 0.05) is 33.1 Å². The molecule has 1 fully saturated rings. The lowest BCUT2D eigenvalue weighted by molar-refractivity contribution is -0.144. The normalized spacial score (nSPS) is 15.4. The van der Waals surface area contributed by atoms with Gasteiger partial charge in [-0.05, 0) is 25.1 Å². The Morgan fingerprint density at radius 2 is 1.79 bits per heavy atom. The Hall–Kier alpha value is -2.88. The lowest BCUT2D eigenvalue weighted by Gasteiger charge is -2.35. The molecule has 0 N–H and O–H groups in total. The molecule has 7 heteroatoms. The molecule has 0 saturated carbocycles. The van der Waals surface area contributed by atoms with Gasteiger partial charge in [-0.15, -0.1) is 0 Å². The third kappa shape index (κ3) is 4.10. The van der Waals surface area contributed by atoms with Gasteiger partial charge in [0.1, 0.15) is 0 Å². The number of rotatable bonds is 3. The Kier molecular flexibility index (Phi) is 5.53. The van der Waals surface area contributed by atoms with Crippen LogP contribution >= 0.6 is 0 Å². The zero-order chi connectivity index (χ0) is 17.7. The van der Waals surface area contributed by atoms with Gasteiger partial charge < -0.3 is 14.5 Å². The van der Waals surface area contributed by atoms with Gasteiger partial charge in [0.2, 0.25) is 5.91 Å². The van der Waals surface area contributed by atoms with Gasteiger partial charge in [0.25, 0.3) is 5.91 Å². The van der Waals surface area contributed by atoms with Crippen LogP contribution in [0.1, 0.15) is 29.8 Å². The molecule has 2 rings (SSSR count). The van der Waals surface area contributed by atoms with Crippen LogP contribution < -0.4 is 0 Å². The van der Waals surface area contributed by atoms with Crippen molar-refractivity contribution in [1.82, 2.24) is 9.80 Å². The van der Waals surface area contributed by atoms with Crippen molar-refractivity contribution in [3.8, 4) is 6.07 Å². The summed E-state index contributed by atoms with van der Waals surface area (Å²) in [5.41, 5.74) is 0.582. The number of carbonyl (C=O) groups excluding carboxylic acids is 3. The van der Waals surface area contributed by atoms with Crippen LogP contribution in [0.3, 0.4) is 0 Å². The first kappa shape index (κ1) is 17.5. The fraction of sp³-hybridized carbons (Fsp3) is 0.412. The van der Waals surface area contributed by atoms with E-state index >= 15 is 0 Å². The van der Waals surface area contributed by atoms with Gasteiger partial charge in [-0.3, -0.25) is 9.59 Å². The summed E-state index contributed by atoms with van der Waals surface area (Å²) in [6.45, 7) is 4.81. The number of carbonyl (C=O) groups is 3. The van der Waals surface area contributed by atoms with E-state index in [0.29, 0.717) is 31.7 Å². The smallest absolute Gasteiger partial charge is 0.338 e. The van der Waals surface area contributed by atoms with Crippen LogP contribution in [-0.4, -0.2) is 59.9 Å². The van der Waals surface area contributed by atoms with Crippen molar-refractivity contribution >= 4 is 17.8 Å². The van der Waals surface area contributed by atoms with Gasteiger partial charge in [-0.1, -0.05) is 6.07 Å².